The molecule has 0 fully saturated rings. The van der Waals surface area contributed by atoms with Crippen molar-refractivity contribution in [3.8, 4) is 11.1 Å². The van der Waals surface area contributed by atoms with E-state index >= 15 is 0 Å². The molecule has 1 aliphatic carbocycles. The van der Waals surface area contributed by atoms with Crippen molar-refractivity contribution in [2.75, 3.05) is 6.61 Å². The Hall–Kier alpha value is -3.35. The van der Waals surface area contributed by atoms with Crippen LogP contribution in [0.2, 0.25) is 0 Å². The number of rotatable bonds is 9. The quantitative estimate of drug-likeness (QED) is 0.530. The summed E-state index contributed by atoms with van der Waals surface area (Å²) in [4.78, 5) is 37.0. The number of hydrogen-bond donors (Lipinski definition) is 3. The van der Waals surface area contributed by atoms with Crippen LogP contribution in [0.4, 0.5) is 4.79 Å². The van der Waals surface area contributed by atoms with Crippen molar-refractivity contribution in [1.82, 2.24) is 10.6 Å². The third-order valence-corrected chi connectivity index (χ3v) is 6.34. The predicted octanol–water partition coefficient (Wildman–Crippen LogP) is 4.17. The zero-order valence-electron chi connectivity index (χ0n) is 19.5. The van der Waals surface area contributed by atoms with Crippen LogP contribution in [0.3, 0.4) is 0 Å². The standard InChI is InChI=1S/C26H32N2O5/c1-5-16(4)23(25(30)31)27-24(29)22(15(2)3)28-26(32)33-14-21-19-12-8-6-10-17(19)18-11-7-9-13-20(18)21/h6-13,15-16,21-23H,5,14H2,1-4H3,(H,27,29)(H,28,32)(H,30,31)/t16?,22-,23+/m1/s1. The minimum atomic E-state index is -1.10. The van der Waals surface area contributed by atoms with Crippen molar-refractivity contribution in [1.29, 1.82) is 0 Å². The van der Waals surface area contributed by atoms with Crippen molar-refractivity contribution in [2.24, 2.45) is 11.8 Å². The predicted molar refractivity (Wildman–Crippen MR) is 126 cm³/mol. The summed E-state index contributed by atoms with van der Waals surface area (Å²) < 4.78 is 5.55. The third kappa shape index (κ3) is 5.35. The fourth-order valence-corrected chi connectivity index (χ4v) is 4.23. The summed E-state index contributed by atoms with van der Waals surface area (Å²) in [6.45, 7) is 7.33. The first kappa shape index (κ1) is 24.3. The summed E-state index contributed by atoms with van der Waals surface area (Å²) in [7, 11) is 0. The minimum Gasteiger partial charge on any atom is -0.480 e. The zero-order valence-corrected chi connectivity index (χ0v) is 19.5. The van der Waals surface area contributed by atoms with Gasteiger partial charge in [-0.25, -0.2) is 9.59 Å². The Kier molecular flexibility index (Phi) is 7.74. The second-order valence-electron chi connectivity index (χ2n) is 8.90. The molecular weight excluding hydrogens is 420 g/mol. The average Bonchev–Trinajstić information content (AvgIpc) is 3.12. The number of carboxylic acids is 1. The third-order valence-electron chi connectivity index (χ3n) is 6.34. The molecule has 2 aromatic carbocycles. The van der Waals surface area contributed by atoms with Crippen LogP contribution in [0.5, 0.6) is 0 Å². The summed E-state index contributed by atoms with van der Waals surface area (Å²) in [6, 6.07) is 14.2. The summed E-state index contributed by atoms with van der Waals surface area (Å²) in [6.07, 6.45) is -0.107. The van der Waals surface area contributed by atoms with Gasteiger partial charge in [0.25, 0.3) is 0 Å². The van der Waals surface area contributed by atoms with E-state index in [9.17, 15) is 19.5 Å². The van der Waals surface area contributed by atoms with E-state index < -0.39 is 30.1 Å². The Morgan fingerprint density at radius 3 is 1.94 bits per heavy atom. The Balaban J connectivity index is 1.66. The maximum absolute atomic E-state index is 12.8. The molecule has 2 amide bonds. The molecule has 3 atom stereocenters. The van der Waals surface area contributed by atoms with Crippen LogP contribution in [-0.2, 0) is 14.3 Å². The molecule has 33 heavy (non-hydrogen) atoms. The maximum Gasteiger partial charge on any atom is 0.407 e. The molecule has 7 nitrogen and oxygen atoms in total. The van der Waals surface area contributed by atoms with Gasteiger partial charge >= 0.3 is 12.1 Å². The van der Waals surface area contributed by atoms with Gasteiger partial charge in [-0.2, -0.15) is 0 Å². The Morgan fingerprint density at radius 1 is 0.909 bits per heavy atom. The second-order valence-corrected chi connectivity index (χ2v) is 8.90. The average molecular weight is 453 g/mol. The number of hydrogen-bond acceptors (Lipinski definition) is 4. The van der Waals surface area contributed by atoms with Crippen LogP contribution in [-0.4, -0.2) is 41.8 Å². The topological polar surface area (TPSA) is 105 Å². The highest BCUT2D eigenvalue weighted by atomic mass is 16.5. The molecule has 2 aromatic rings. The van der Waals surface area contributed by atoms with Gasteiger partial charge in [0, 0.05) is 5.92 Å². The molecule has 0 heterocycles. The fraction of sp³-hybridized carbons (Fsp3) is 0.423. The smallest absolute Gasteiger partial charge is 0.407 e. The van der Waals surface area contributed by atoms with Gasteiger partial charge in [-0.15, -0.1) is 0 Å². The van der Waals surface area contributed by atoms with Gasteiger partial charge in [0.15, 0.2) is 0 Å². The molecule has 0 aromatic heterocycles. The van der Waals surface area contributed by atoms with Crippen molar-refractivity contribution < 1.29 is 24.2 Å². The first-order chi connectivity index (χ1) is 15.7. The Bertz CT molecular complexity index is 974. The summed E-state index contributed by atoms with van der Waals surface area (Å²) >= 11 is 0. The van der Waals surface area contributed by atoms with Crippen molar-refractivity contribution >= 4 is 18.0 Å². The molecule has 1 unspecified atom stereocenters. The second kappa shape index (κ2) is 10.5. The lowest BCUT2D eigenvalue weighted by atomic mass is 9.97. The molecule has 7 heteroatoms. The van der Waals surface area contributed by atoms with Crippen LogP contribution in [0.15, 0.2) is 48.5 Å². The molecule has 0 radical (unpaired) electrons. The number of carboxylic acid groups (broad SMARTS) is 1. The van der Waals surface area contributed by atoms with E-state index in [0.717, 1.165) is 22.3 Å². The van der Waals surface area contributed by atoms with Gasteiger partial charge in [0.05, 0.1) is 0 Å². The molecule has 1 aliphatic rings. The number of carbonyl (C=O) groups excluding carboxylic acids is 2. The van der Waals surface area contributed by atoms with Crippen molar-refractivity contribution in [2.45, 2.75) is 52.1 Å². The minimum absolute atomic E-state index is 0.0868. The highest BCUT2D eigenvalue weighted by Crippen LogP contribution is 2.44. The van der Waals surface area contributed by atoms with Crippen LogP contribution in [0, 0.1) is 11.8 Å². The number of amides is 2. The van der Waals surface area contributed by atoms with E-state index in [1.807, 2.05) is 43.3 Å². The van der Waals surface area contributed by atoms with Crippen LogP contribution in [0.1, 0.15) is 51.2 Å². The highest BCUT2D eigenvalue weighted by molar-refractivity contribution is 5.89. The highest BCUT2D eigenvalue weighted by Gasteiger charge is 2.32. The van der Waals surface area contributed by atoms with E-state index in [0.29, 0.717) is 6.42 Å². The molecule has 0 saturated carbocycles. The van der Waals surface area contributed by atoms with E-state index in [1.54, 1.807) is 20.8 Å². The van der Waals surface area contributed by atoms with Gasteiger partial charge in [0.2, 0.25) is 5.91 Å². The first-order valence-corrected chi connectivity index (χ1v) is 11.4. The monoisotopic (exact) mass is 452 g/mol. The van der Waals surface area contributed by atoms with Gasteiger partial charge in [-0.1, -0.05) is 82.6 Å². The first-order valence-electron chi connectivity index (χ1n) is 11.4. The van der Waals surface area contributed by atoms with Gasteiger partial charge in [0.1, 0.15) is 18.7 Å². The van der Waals surface area contributed by atoms with Crippen molar-refractivity contribution in [3.05, 3.63) is 59.7 Å². The maximum atomic E-state index is 12.8. The lowest BCUT2D eigenvalue weighted by Crippen LogP contribution is -2.55. The van der Waals surface area contributed by atoms with Gasteiger partial charge in [-0.05, 0) is 34.1 Å². The van der Waals surface area contributed by atoms with Gasteiger partial charge in [-0.3, -0.25) is 4.79 Å². The number of carbonyl (C=O) groups is 3. The molecule has 0 aliphatic heterocycles. The SMILES string of the molecule is CCC(C)[C@H](NC(=O)[C@H](NC(=O)OCC1c2ccccc2-c2ccccc21)C(C)C)C(=O)O. The zero-order chi connectivity index (χ0) is 24.1. The van der Waals surface area contributed by atoms with Gasteiger partial charge < -0.3 is 20.5 Å². The summed E-state index contributed by atoms with van der Waals surface area (Å²) in [5, 5.41) is 14.7. The lowest BCUT2D eigenvalue weighted by molar-refractivity contribution is -0.143. The summed E-state index contributed by atoms with van der Waals surface area (Å²) in [5.41, 5.74) is 4.46. The molecule has 176 valence electrons. The number of alkyl carbamates (subject to hydrolysis) is 1. The summed E-state index contributed by atoms with van der Waals surface area (Å²) in [5.74, 6) is -2.21. The van der Waals surface area contributed by atoms with Crippen LogP contribution in [0.25, 0.3) is 11.1 Å². The number of fused-ring (bicyclic) bond motifs is 3. The Labute approximate surface area is 194 Å². The van der Waals surface area contributed by atoms with E-state index in [1.165, 1.54) is 0 Å². The number of nitrogens with one attached hydrogen (secondary N) is 2. The number of ether oxygens (including phenoxy) is 1. The molecule has 3 N–H and O–H groups in total. The number of benzene rings is 2. The van der Waals surface area contributed by atoms with Crippen molar-refractivity contribution in [3.63, 3.8) is 0 Å². The molecule has 0 bridgehead atoms. The molecule has 0 spiro atoms. The lowest BCUT2D eigenvalue weighted by Gasteiger charge is -2.26. The van der Waals surface area contributed by atoms with Crippen LogP contribution >= 0.6 is 0 Å². The van der Waals surface area contributed by atoms with E-state index in [2.05, 4.69) is 22.8 Å². The Morgan fingerprint density at radius 2 is 1.45 bits per heavy atom. The normalized spacial score (nSPS) is 15.2. The van der Waals surface area contributed by atoms with E-state index in [4.69, 9.17) is 4.74 Å². The molecular formula is C26H32N2O5. The fourth-order valence-electron chi connectivity index (χ4n) is 4.23. The van der Waals surface area contributed by atoms with E-state index in [-0.39, 0.29) is 24.4 Å². The number of aliphatic carboxylic acids is 1. The largest absolute Gasteiger partial charge is 0.480 e. The molecule has 0 saturated heterocycles. The molecule has 3 rings (SSSR count). The van der Waals surface area contributed by atoms with Crippen LogP contribution < -0.4 is 10.6 Å².